The van der Waals surface area contributed by atoms with E-state index in [9.17, 15) is 4.79 Å². The zero-order valence-corrected chi connectivity index (χ0v) is 13.8. The van der Waals surface area contributed by atoms with Crippen LogP contribution in [0.5, 0.6) is 5.75 Å². The second-order valence-electron chi connectivity index (χ2n) is 5.35. The van der Waals surface area contributed by atoms with Crippen molar-refractivity contribution in [1.82, 2.24) is 10.2 Å². The number of nitrogens with one attached hydrogen (secondary N) is 1. The second-order valence-corrected chi connectivity index (χ2v) is 6.53. The van der Waals surface area contributed by atoms with E-state index in [-0.39, 0.29) is 5.91 Å². The van der Waals surface area contributed by atoms with Crippen molar-refractivity contribution in [3.63, 3.8) is 0 Å². The summed E-state index contributed by atoms with van der Waals surface area (Å²) >= 11 is 1.31. The Morgan fingerprint density at radius 2 is 2.09 bits per heavy atom. The predicted molar refractivity (Wildman–Crippen MR) is 86.9 cm³/mol. The fourth-order valence-electron chi connectivity index (χ4n) is 2.18. The largest absolute Gasteiger partial charge is 0.497 e. The molecule has 1 N–H and O–H groups in total. The highest BCUT2D eigenvalue weighted by atomic mass is 32.1. The van der Waals surface area contributed by atoms with Gasteiger partial charge in [-0.25, -0.2) is 0 Å². The van der Waals surface area contributed by atoms with Gasteiger partial charge in [-0.05, 0) is 43.7 Å². The lowest BCUT2D eigenvalue weighted by molar-refractivity contribution is -0.135. The van der Waals surface area contributed by atoms with E-state index in [2.05, 4.69) is 20.7 Å². The average molecular weight is 332 g/mol. The summed E-state index contributed by atoms with van der Waals surface area (Å²) in [6, 6.07) is 7.47. The Bertz CT molecular complexity index is 756. The van der Waals surface area contributed by atoms with Gasteiger partial charge in [0.25, 0.3) is 5.91 Å². The molecule has 2 heterocycles. The smallest absolute Gasteiger partial charge is 0.273 e. The first-order chi connectivity index (χ1) is 11.0. The quantitative estimate of drug-likeness (QED) is 0.929. The van der Waals surface area contributed by atoms with Crippen LogP contribution < -0.4 is 10.1 Å². The topological polar surface area (TPSA) is 85.7 Å². The average Bonchev–Trinajstić information content (AvgIpc) is 3.14. The third kappa shape index (κ3) is 3.16. The van der Waals surface area contributed by atoms with Gasteiger partial charge in [0.15, 0.2) is 0 Å². The van der Waals surface area contributed by atoms with Gasteiger partial charge in [0, 0.05) is 6.42 Å². The molecule has 120 valence electrons. The van der Waals surface area contributed by atoms with Gasteiger partial charge in [0.1, 0.15) is 10.8 Å². The number of carbonyl (C=O) groups excluding carboxylic acids is 1. The molecule has 7 nitrogen and oxygen atoms in total. The number of anilines is 1. The summed E-state index contributed by atoms with van der Waals surface area (Å²) in [6.07, 6.45) is 0.378. The van der Waals surface area contributed by atoms with Gasteiger partial charge in [-0.2, -0.15) is 0 Å². The maximum atomic E-state index is 12.4. The number of aryl methyl sites for hydroxylation is 1. The van der Waals surface area contributed by atoms with Gasteiger partial charge >= 0.3 is 0 Å². The SMILES string of the molecule is COc1ccc(C2=NOC(C)(C(=O)Nc3nnc(C)s3)C2)cc1. The van der Waals surface area contributed by atoms with Crippen molar-refractivity contribution in [2.45, 2.75) is 25.9 Å². The third-order valence-electron chi connectivity index (χ3n) is 3.51. The Morgan fingerprint density at radius 3 is 2.70 bits per heavy atom. The van der Waals surface area contributed by atoms with E-state index in [0.717, 1.165) is 22.0 Å². The Hall–Kier alpha value is -2.48. The number of hydrogen-bond donors (Lipinski definition) is 1. The first-order valence-electron chi connectivity index (χ1n) is 7.01. The zero-order chi connectivity index (χ0) is 16.4. The van der Waals surface area contributed by atoms with Crippen LogP contribution in [0.25, 0.3) is 0 Å². The summed E-state index contributed by atoms with van der Waals surface area (Å²) < 4.78 is 5.13. The molecule has 0 spiro atoms. The number of methoxy groups -OCH3 is 1. The van der Waals surface area contributed by atoms with Gasteiger partial charge in [0.05, 0.1) is 12.8 Å². The van der Waals surface area contributed by atoms with Crippen LogP contribution in [0.15, 0.2) is 29.4 Å². The number of benzene rings is 1. The molecule has 0 radical (unpaired) electrons. The summed E-state index contributed by atoms with van der Waals surface area (Å²) in [7, 11) is 1.61. The molecule has 0 fully saturated rings. The van der Waals surface area contributed by atoms with Crippen LogP contribution in [-0.4, -0.2) is 34.5 Å². The monoisotopic (exact) mass is 332 g/mol. The number of hydrogen-bond acceptors (Lipinski definition) is 7. The molecule has 0 aliphatic carbocycles. The van der Waals surface area contributed by atoms with Gasteiger partial charge in [-0.3, -0.25) is 10.1 Å². The van der Waals surface area contributed by atoms with E-state index in [0.29, 0.717) is 11.6 Å². The minimum Gasteiger partial charge on any atom is -0.497 e. The summed E-state index contributed by atoms with van der Waals surface area (Å²) in [5.74, 6) is 0.473. The Labute approximate surface area is 137 Å². The number of ether oxygens (including phenoxy) is 1. The van der Waals surface area contributed by atoms with Crippen molar-refractivity contribution >= 4 is 28.1 Å². The summed E-state index contributed by atoms with van der Waals surface area (Å²) in [5, 5.41) is 15.8. The molecular formula is C15H16N4O3S. The first-order valence-corrected chi connectivity index (χ1v) is 7.83. The number of nitrogens with zero attached hydrogens (tertiary/aromatic N) is 3. The van der Waals surface area contributed by atoms with Gasteiger partial charge in [-0.1, -0.05) is 16.5 Å². The normalized spacial score (nSPS) is 19.9. The van der Waals surface area contributed by atoms with E-state index in [4.69, 9.17) is 9.57 Å². The molecule has 2 aromatic rings. The van der Waals surface area contributed by atoms with E-state index in [1.165, 1.54) is 11.3 Å². The van der Waals surface area contributed by atoms with Gasteiger partial charge in [0.2, 0.25) is 10.7 Å². The standard InChI is InChI=1S/C15H16N4O3S/c1-9-17-18-14(23-9)16-13(20)15(2)8-12(19-22-15)10-4-6-11(21-3)7-5-10/h4-7H,8H2,1-3H3,(H,16,18,20). The van der Waals surface area contributed by atoms with Crippen molar-refractivity contribution in [2.75, 3.05) is 12.4 Å². The van der Waals surface area contributed by atoms with Crippen LogP contribution in [0.1, 0.15) is 23.9 Å². The first kappa shape index (κ1) is 15.4. The third-order valence-corrected chi connectivity index (χ3v) is 4.27. The van der Waals surface area contributed by atoms with Crippen LogP contribution >= 0.6 is 11.3 Å². The lowest BCUT2D eigenvalue weighted by Crippen LogP contribution is -2.40. The van der Waals surface area contributed by atoms with Crippen LogP contribution in [0.4, 0.5) is 5.13 Å². The molecule has 8 heteroatoms. The number of amides is 1. The van der Waals surface area contributed by atoms with E-state index >= 15 is 0 Å². The van der Waals surface area contributed by atoms with Crippen LogP contribution in [0.3, 0.4) is 0 Å². The molecule has 1 unspecified atom stereocenters. The molecule has 1 aliphatic rings. The van der Waals surface area contributed by atoms with Crippen molar-refractivity contribution < 1.29 is 14.4 Å². The minimum atomic E-state index is -1.06. The molecule has 1 amide bonds. The van der Waals surface area contributed by atoms with Crippen molar-refractivity contribution in [3.05, 3.63) is 34.8 Å². The summed E-state index contributed by atoms with van der Waals surface area (Å²) in [4.78, 5) is 17.8. The number of carbonyl (C=O) groups is 1. The lowest BCUT2D eigenvalue weighted by atomic mass is 9.95. The molecule has 1 aliphatic heterocycles. The molecule has 0 saturated heterocycles. The fourth-order valence-corrected chi connectivity index (χ4v) is 2.76. The lowest BCUT2D eigenvalue weighted by Gasteiger charge is -2.19. The van der Waals surface area contributed by atoms with E-state index < -0.39 is 5.60 Å². The molecule has 23 heavy (non-hydrogen) atoms. The fraction of sp³-hybridized carbons (Fsp3) is 0.333. The maximum Gasteiger partial charge on any atom is 0.273 e. The van der Waals surface area contributed by atoms with Crippen LogP contribution in [0, 0.1) is 6.92 Å². The Morgan fingerprint density at radius 1 is 1.35 bits per heavy atom. The Balaban J connectivity index is 1.69. The van der Waals surface area contributed by atoms with Gasteiger partial charge < -0.3 is 9.57 Å². The van der Waals surface area contributed by atoms with Crippen molar-refractivity contribution in [2.24, 2.45) is 5.16 Å². The van der Waals surface area contributed by atoms with Gasteiger partial charge in [-0.15, -0.1) is 10.2 Å². The summed E-state index contributed by atoms with van der Waals surface area (Å²) in [5.41, 5.74) is 0.558. The number of rotatable bonds is 4. The zero-order valence-electron chi connectivity index (χ0n) is 13.0. The molecule has 0 bridgehead atoms. The second kappa shape index (κ2) is 5.96. The molecule has 0 saturated carbocycles. The highest BCUT2D eigenvalue weighted by Gasteiger charge is 2.42. The van der Waals surface area contributed by atoms with Crippen LogP contribution in [0.2, 0.25) is 0 Å². The van der Waals surface area contributed by atoms with E-state index in [1.54, 1.807) is 14.0 Å². The highest BCUT2D eigenvalue weighted by molar-refractivity contribution is 7.15. The Kier molecular flexibility index (Phi) is 3.99. The predicted octanol–water partition coefficient (Wildman–Crippen LogP) is 2.38. The molecular weight excluding hydrogens is 316 g/mol. The van der Waals surface area contributed by atoms with E-state index in [1.807, 2.05) is 31.2 Å². The number of oxime groups is 1. The summed E-state index contributed by atoms with van der Waals surface area (Å²) in [6.45, 7) is 3.53. The highest BCUT2D eigenvalue weighted by Crippen LogP contribution is 2.29. The molecule has 1 atom stereocenters. The molecule has 1 aromatic carbocycles. The van der Waals surface area contributed by atoms with Crippen molar-refractivity contribution in [1.29, 1.82) is 0 Å². The molecule has 1 aromatic heterocycles. The number of aromatic nitrogens is 2. The minimum absolute atomic E-state index is 0.291. The van der Waals surface area contributed by atoms with Crippen molar-refractivity contribution in [3.8, 4) is 5.75 Å². The molecule has 3 rings (SSSR count). The van der Waals surface area contributed by atoms with Crippen LogP contribution in [-0.2, 0) is 9.63 Å². The maximum absolute atomic E-state index is 12.4.